The van der Waals surface area contributed by atoms with Crippen LogP contribution >= 0.6 is 0 Å². The molecule has 0 heterocycles. The van der Waals surface area contributed by atoms with Crippen LogP contribution in [0.15, 0.2) is 20.7 Å². The molecule has 0 radical (unpaired) electrons. The summed E-state index contributed by atoms with van der Waals surface area (Å²) < 4.78 is 0. The summed E-state index contributed by atoms with van der Waals surface area (Å²) in [5.74, 6) is 0. The molecular weight excluding hydrogens is 172 g/mol. The van der Waals surface area contributed by atoms with Crippen molar-refractivity contribution in [3.8, 4) is 0 Å². The average molecular weight is 174 g/mol. The highest BCUT2D eigenvalue weighted by molar-refractivity contribution is 5.64. The quantitative estimate of drug-likeness (QED) is 0.366. The van der Waals surface area contributed by atoms with Crippen LogP contribution < -0.4 is 0 Å². The molecule has 0 aliphatic heterocycles. The lowest BCUT2D eigenvalue weighted by atomic mass is 11.3. The molecule has 12 heavy (non-hydrogen) atoms. The summed E-state index contributed by atoms with van der Waals surface area (Å²) in [6.07, 6.45) is -3.33. The van der Waals surface area contributed by atoms with Crippen LogP contribution in [-0.4, -0.2) is 27.3 Å². The maximum Gasteiger partial charge on any atom is 0.516 e. The third-order valence-electron chi connectivity index (χ3n) is 0.421. The number of carboxylic acid groups (broad SMARTS) is 2. The normalized spacial score (nSPS) is 10.7. The topological polar surface area (TPSA) is 149 Å². The Balaban J connectivity index is 4.07. The molecule has 2 N–H and O–H groups in total. The Kier molecular flexibility index (Phi) is 3.68. The number of hydrogen-bond donors (Lipinski definition) is 2. The van der Waals surface area contributed by atoms with E-state index >= 15 is 0 Å². The lowest BCUT2D eigenvalue weighted by Crippen LogP contribution is -1.90. The van der Waals surface area contributed by atoms with Gasteiger partial charge in [0.05, 0.1) is 0 Å². The summed E-state index contributed by atoms with van der Waals surface area (Å²) >= 11 is 0. The number of nitrogens with zero attached hydrogens (tertiary/aromatic N) is 6. The maximum atomic E-state index is 9.66. The van der Waals surface area contributed by atoms with Gasteiger partial charge >= 0.3 is 12.2 Å². The Morgan fingerprint density at radius 1 is 1.08 bits per heavy atom. The third kappa shape index (κ3) is 5.87. The highest BCUT2D eigenvalue weighted by Crippen LogP contribution is 1.84. The Hall–Kier alpha value is -2.26. The van der Waals surface area contributed by atoms with Crippen molar-refractivity contribution in [2.75, 3.05) is 0 Å². The predicted molar refractivity (Wildman–Crippen MR) is 29.4 cm³/mol. The standard InChI is InChI=1S/C2H2N6O4/c3-8(6-4-1(9)10)7-5-2(11)12/h(H,9,10)(H,11,12). The highest BCUT2D eigenvalue weighted by atomic mass is 16.4. The molecule has 0 spiro atoms. The van der Waals surface area contributed by atoms with Gasteiger partial charge < -0.3 is 10.2 Å². The van der Waals surface area contributed by atoms with Gasteiger partial charge in [0.2, 0.25) is 0 Å². The molecule has 10 nitrogen and oxygen atoms in total. The summed E-state index contributed by atoms with van der Waals surface area (Å²) in [6.45, 7) is 0. The molecule has 10 heteroatoms. The van der Waals surface area contributed by atoms with Crippen LogP contribution in [0.5, 0.6) is 0 Å². The fraction of sp³-hybridized carbons (Fsp3) is 0. The highest BCUT2D eigenvalue weighted by Gasteiger charge is 1.93. The largest absolute Gasteiger partial charge is 0.516 e. The molecule has 0 saturated heterocycles. The van der Waals surface area contributed by atoms with Crippen molar-refractivity contribution in [2.24, 2.45) is 20.7 Å². The van der Waals surface area contributed by atoms with Crippen LogP contribution in [0.2, 0.25) is 0 Å². The van der Waals surface area contributed by atoms with Crippen LogP contribution in [-0.2, 0) is 0 Å². The third-order valence-corrected chi connectivity index (χ3v) is 0.421. The summed E-state index contributed by atoms with van der Waals surface area (Å²) in [7, 11) is 0. The van der Waals surface area contributed by atoms with Crippen LogP contribution in [0.4, 0.5) is 9.59 Å². The van der Waals surface area contributed by atoms with Gasteiger partial charge in [-0.2, -0.15) is 5.53 Å². The first kappa shape index (κ1) is 9.74. The molecule has 0 atom stereocenters. The van der Waals surface area contributed by atoms with E-state index < -0.39 is 17.1 Å². The molecule has 0 aromatic carbocycles. The van der Waals surface area contributed by atoms with E-state index in [2.05, 4.69) is 20.7 Å². The van der Waals surface area contributed by atoms with E-state index in [9.17, 15) is 9.59 Å². The van der Waals surface area contributed by atoms with Gasteiger partial charge in [-0.3, -0.25) is 0 Å². The smallest absolute Gasteiger partial charge is 0.450 e. The minimum Gasteiger partial charge on any atom is -0.450 e. The predicted octanol–water partition coefficient (Wildman–Crippen LogP) is 1.11. The monoisotopic (exact) mass is 174 g/mol. The number of amides is 2. The molecule has 0 aliphatic rings. The SMILES string of the molecule is [N-]=[N+](N=NC(=O)O)N=NC(=O)O. The van der Waals surface area contributed by atoms with Crippen LogP contribution in [0.25, 0.3) is 5.53 Å². The summed E-state index contributed by atoms with van der Waals surface area (Å²) in [5, 5.41) is 25.4. The molecule has 0 rings (SSSR count). The van der Waals surface area contributed by atoms with Crippen molar-refractivity contribution in [3.05, 3.63) is 5.53 Å². The molecular formula is C2H2N6O4. The molecule has 0 aromatic rings. The minimum absolute atomic E-state index is 0.401. The molecule has 2 amide bonds. The van der Waals surface area contributed by atoms with Gasteiger partial charge in [0.1, 0.15) is 0 Å². The van der Waals surface area contributed by atoms with E-state index in [4.69, 9.17) is 15.7 Å². The van der Waals surface area contributed by atoms with Crippen LogP contribution in [0, 0.1) is 0 Å². The van der Waals surface area contributed by atoms with Crippen molar-refractivity contribution >= 4 is 12.2 Å². The maximum absolute atomic E-state index is 9.66. The Labute approximate surface area is 64.3 Å². The molecule has 0 aliphatic carbocycles. The van der Waals surface area contributed by atoms with Gasteiger partial charge in [-0.15, -0.1) is 0 Å². The van der Waals surface area contributed by atoms with Crippen molar-refractivity contribution in [1.82, 2.24) is 0 Å². The Morgan fingerprint density at radius 3 is 1.67 bits per heavy atom. The summed E-state index contributed by atoms with van der Waals surface area (Å²) in [4.78, 5) is 18.9. The van der Waals surface area contributed by atoms with Crippen LogP contribution in [0.3, 0.4) is 0 Å². The molecule has 0 unspecified atom stereocenters. The second-order valence-corrected chi connectivity index (χ2v) is 1.21. The summed E-state index contributed by atoms with van der Waals surface area (Å²) in [6, 6.07) is 0. The van der Waals surface area contributed by atoms with E-state index in [1.165, 1.54) is 0 Å². The van der Waals surface area contributed by atoms with E-state index in [0.29, 0.717) is 0 Å². The van der Waals surface area contributed by atoms with Gasteiger partial charge in [0.15, 0.2) is 0 Å². The van der Waals surface area contributed by atoms with E-state index in [1.807, 2.05) is 0 Å². The number of rotatable bonds is 2. The zero-order chi connectivity index (χ0) is 9.56. The van der Waals surface area contributed by atoms with Crippen molar-refractivity contribution in [1.29, 1.82) is 0 Å². The zero-order valence-electron chi connectivity index (χ0n) is 5.39. The summed E-state index contributed by atoms with van der Waals surface area (Å²) in [5.41, 5.74) is 8.33. The van der Waals surface area contributed by atoms with Gasteiger partial charge in [0.25, 0.3) is 0 Å². The number of hydrogen-bond acceptors (Lipinski definition) is 2. The zero-order valence-corrected chi connectivity index (χ0v) is 5.39. The van der Waals surface area contributed by atoms with Gasteiger partial charge in [-0.1, -0.05) is 4.92 Å². The molecule has 0 fully saturated rings. The van der Waals surface area contributed by atoms with Crippen molar-refractivity contribution in [3.63, 3.8) is 0 Å². The van der Waals surface area contributed by atoms with E-state index in [1.54, 1.807) is 0 Å². The molecule has 0 bridgehead atoms. The average Bonchev–Trinajstić information content (AvgIpc) is 1.96. The fourth-order valence-electron chi connectivity index (χ4n) is 0.174. The minimum atomic E-state index is -1.67. The van der Waals surface area contributed by atoms with E-state index in [0.717, 1.165) is 0 Å². The van der Waals surface area contributed by atoms with Crippen molar-refractivity contribution < 1.29 is 24.7 Å². The Bertz CT molecular complexity index is 241. The second kappa shape index (κ2) is 4.54. The van der Waals surface area contributed by atoms with Crippen molar-refractivity contribution in [2.45, 2.75) is 0 Å². The fourth-order valence-corrected chi connectivity index (χ4v) is 0.174. The lowest BCUT2D eigenvalue weighted by Gasteiger charge is -1.85. The molecule has 0 saturated carbocycles. The Morgan fingerprint density at radius 2 is 1.42 bits per heavy atom. The molecule has 64 valence electrons. The van der Waals surface area contributed by atoms with Gasteiger partial charge in [0, 0.05) is 10.2 Å². The van der Waals surface area contributed by atoms with Gasteiger partial charge in [-0.25, -0.2) is 9.59 Å². The van der Waals surface area contributed by atoms with Gasteiger partial charge in [-0.05, 0) is 10.4 Å². The number of carbonyl (C=O) groups is 2. The van der Waals surface area contributed by atoms with Crippen LogP contribution in [0.1, 0.15) is 0 Å². The first-order valence-electron chi connectivity index (χ1n) is 2.30. The molecule has 0 aromatic heterocycles. The first-order chi connectivity index (χ1) is 5.52. The second-order valence-electron chi connectivity index (χ2n) is 1.21. The lowest BCUT2D eigenvalue weighted by molar-refractivity contribution is -0.575. The first-order valence-corrected chi connectivity index (χ1v) is 2.30. The van der Waals surface area contributed by atoms with E-state index in [-0.39, 0.29) is 0 Å².